The SMILES string of the molecule is CC(C)C(NC(=O)CCCCCN1C(=O)C=CC1=O)C(=O)NC(CCCN)C(=O)Nc1ccc(COc2cc3c(c4ccccc24)C(C#CCl)CN3C(=O)CCCC(=O)N2CC(CCl)c3c2cc(O)c2ccccc32)cc1. The lowest BCUT2D eigenvalue weighted by molar-refractivity contribution is -0.137. The normalized spacial score (nSPS) is 16.3. The predicted octanol–water partition coefficient (Wildman–Crippen LogP) is 8.24. The van der Waals surface area contributed by atoms with Crippen molar-refractivity contribution >= 4 is 103 Å². The van der Waals surface area contributed by atoms with Crippen LogP contribution in [0.5, 0.6) is 11.5 Å². The van der Waals surface area contributed by atoms with E-state index < -0.39 is 23.9 Å². The summed E-state index contributed by atoms with van der Waals surface area (Å²) in [5, 5.41) is 25.2. The molecular formula is C59H63Cl2N7O9. The molecule has 0 aromatic heterocycles. The van der Waals surface area contributed by atoms with E-state index in [1.165, 1.54) is 12.2 Å². The van der Waals surface area contributed by atoms with E-state index in [-0.39, 0.29) is 98.4 Å². The van der Waals surface area contributed by atoms with Crippen molar-refractivity contribution in [2.45, 2.75) is 102 Å². The lowest BCUT2D eigenvalue weighted by atomic mass is 9.95. The first kappa shape index (κ1) is 55.8. The van der Waals surface area contributed by atoms with E-state index in [9.17, 15) is 38.7 Å². The molecule has 402 valence electrons. The number of imide groups is 1. The zero-order chi connectivity index (χ0) is 54.8. The van der Waals surface area contributed by atoms with Crippen LogP contribution in [0.15, 0.2) is 97.1 Å². The zero-order valence-corrected chi connectivity index (χ0v) is 44.6. The van der Waals surface area contributed by atoms with Crippen LogP contribution in [0.3, 0.4) is 0 Å². The Kier molecular flexibility index (Phi) is 18.5. The van der Waals surface area contributed by atoms with Crippen molar-refractivity contribution in [2.75, 3.05) is 47.2 Å². The van der Waals surface area contributed by atoms with Crippen LogP contribution in [0, 0.1) is 17.2 Å². The molecule has 0 bridgehead atoms. The van der Waals surface area contributed by atoms with Gasteiger partial charge in [-0.15, -0.1) is 11.6 Å². The number of alkyl halides is 1. The number of phenols is 1. The van der Waals surface area contributed by atoms with Crippen LogP contribution in [0.1, 0.15) is 100 Å². The van der Waals surface area contributed by atoms with E-state index in [2.05, 4.69) is 27.3 Å². The Morgan fingerprint density at radius 2 is 1.39 bits per heavy atom. The lowest BCUT2D eigenvalue weighted by Crippen LogP contribution is -2.54. The fraction of sp³-hybridized carbons (Fsp3) is 0.373. The Morgan fingerprint density at radius 1 is 0.753 bits per heavy atom. The number of phenolic OH excluding ortho intramolecular Hbond substituents is 1. The van der Waals surface area contributed by atoms with Gasteiger partial charge in [-0.25, -0.2) is 0 Å². The maximum atomic E-state index is 14.2. The Balaban J connectivity index is 0.876. The summed E-state index contributed by atoms with van der Waals surface area (Å²) < 4.78 is 6.50. The van der Waals surface area contributed by atoms with Crippen LogP contribution in [0.4, 0.5) is 17.1 Å². The molecule has 0 radical (unpaired) electrons. The van der Waals surface area contributed by atoms with Crippen LogP contribution < -0.4 is 36.2 Å². The van der Waals surface area contributed by atoms with Crippen molar-refractivity contribution in [3.8, 4) is 22.8 Å². The predicted molar refractivity (Wildman–Crippen MR) is 299 cm³/mol. The number of hydrogen-bond donors (Lipinski definition) is 5. The number of halogens is 2. The standard InChI is InChI=1S/C59H63Cl2N7O9/c1-36(2)57(65-50(70)17-4-3-9-29-66-53(73)24-25-54(66)74)59(76)64-45(16-11-28-62)58(75)63-40-22-20-37(21-23-40)35-77-49-31-47-55(44-15-8-6-13-42(44)49)38(26-27-60)33-67(47)51(71)18-10-19-52(72)68-34-39(32-61)56-43-14-7-5-12-41(43)48(69)30-46(56)68/h5-8,12-15,20-25,30-31,36,38-39,45,57,69H,3-4,9-11,16-19,28-29,32-35,62H2,1-2H3,(H,63,75)(H,64,76)(H,65,70). The number of aromatic hydroxyl groups is 1. The number of nitrogens with one attached hydrogen (secondary N) is 3. The largest absolute Gasteiger partial charge is 0.507 e. The van der Waals surface area contributed by atoms with Crippen LogP contribution in [-0.4, -0.2) is 95.5 Å². The molecule has 3 aliphatic rings. The number of carbonyl (C=O) groups excluding carboxylic acids is 7. The minimum Gasteiger partial charge on any atom is -0.507 e. The number of rotatable bonds is 23. The van der Waals surface area contributed by atoms with Crippen molar-refractivity contribution in [3.63, 3.8) is 0 Å². The Morgan fingerprint density at radius 3 is 2.04 bits per heavy atom. The number of ether oxygens (including phenoxy) is 1. The summed E-state index contributed by atoms with van der Waals surface area (Å²) >= 11 is 12.4. The van der Waals surface area contributed by atoms with Gasteiger partial charge >= 0.3 is 0 Å². The van der Waals surface area contributed by atoms with E-state index in [0.717, 1.165) is 37.7 Å². The maximum Gasteiger partial charge on any atom is 0.253 e. The summed E-state index contributed by atoms with van der Waals surface area (Å²) in [6, 6.07) is 24.0. The van der Waals surface area contributed by atoms with Gasteiger partial charge in [-0.3, -0.25) is 38.5 Å². The van der Waals surface area contributed by atoms with Gasteiger partial charge in [0.1, 0.15) is 30.2 Å². The third-order valence-corrected chi connectivity index (χ3v) is 14.9. The van der Waals surface area contributed by atoms with E-state index in [0.29, 0.717) is 79.3 Å². The van der Waals surface area contributed by atoms with Gasteiger partial charge in [0.05, 0.1) is 17.3 Å². The second-order valence-corrected chi connectivity index (χ2v) is 20.5. The highest BCUT2D eigenvalue weighted by atomic mass is 35.5. The molecule has 5 aromatic rings. The van der Waals surface area contributed by atoms with Crippen molar-refractivity contribution in [3.05, 3.63) is 114 Å². The van der Waals surface area contributed by atoms with Gasteiger partial charge in [0.25, 0.3) is 11.8 Å². The number of amides is 7. The fourth-order valence-electron chi connectivity index (χ4n) is 10.4. The van der Waals surface area contributed by atoms with E-state index >= 15 is 0 Å². The van der Waals surface area contributed by atoms with Crippen LogP contribution in [0.25, 0.3) is 21.5 Å². The monoisotopic (exact) mass is 1080 g/mol. The van der Waals surface area contributed by atoms with Crippen molar-refractivity contribution in [1.29, 1.82) is 0 Å². The number of benzene rings is 5. The molecule has 0 saturated carbocycles. The summed E-state index contributed by atoms with van der Waals surface area (Å²) in [6.07, 6.45) is 5.49. The van der Waals surface area contributed by atoms with Crippen LogP contribution in [0.2, 0.25) is 0 Å². The third kappa shape index (κ3) is 12.9. The van der Waals surface area contributed by atoms with E-state index in [1.807, 2.05) is 66.7 Å². The molecule has 4 atom stereocenters. The molecule has 0 fully saturated rings. The van der Waals surface area contributed by atoms with E-state index in [4.69, 9.17) is 33.7 Å². The third-order valence-electron chi connectivity index (χ3n) is 14.4. The number of fused-ring (bicyclic) bond motifs is 6. The summed E-state index contributed by atoms with van der Waals surface area (Å²) in [6.45, 7) is 4.97. The van der Waals surface area contributed by atoms with Gasteiger partial charge in [-0.05, 0) is 90.2 Å². The van der Waals surface area contributed by atoms with Crippen LogP contribution >= 0.6 is 23.2 Å². The minimum absolute atomic E-state index is 0.0884. The van der Waals surface area contributed by atoms with Gasteiger partial charge < -0.3 is 41.3 Å². The average Bonchev–Trinajstić information content (AvgIpc) is 4.26. The first-order valence-electron chi connectivity index (χ1n) is 26.1. The molecule has 77 heavy (non-hydrogen) atoms. The number of unbranched alkanes of at least 4 members (excludes halogenated alkanes) is 2. The van der Waals surface area contributed by atoms with Crippen molar-refractivity contribution in [1.82, 2.24) is 15.5 Å². The molecular weight excluding hydrogens is 1020 g/mol. The lowest BCUT2D eigenvalue weighted by Gasteiger charge is -2.25. The molecule has 0 aliphatic carbocycles. The zero-order valence-electron chi connectivity index (χ0n) is 43.1. The Hall–Kier alpha value is -7.45. The molecule has 8 rings (SSSR count). The number of carbonyl (C=O) groups is 7. The molecule has 3 heterocycles. The number of nitrogens with zero attached hydrogens (tertiary/aromatic N) is 3. The molecule has 0 spiro atoms. The van der Waals surface area contributed by atoms with Gasteiger partial charge in [0, 0.05) is 102 Å². The summed E-state index contributed by atoms with van der Waals surface area (Å²) in [4.78, 5) is 96.3. The van der Waals surface area contributed by atoms with E-state index in [1.54, 1.807) is 41.8 Å². The first-order chi connectivity index (χ1) is 37.2. The fourth-order valence-corrected chi connectivity index (χ4v) is 10.8. The topological polar surface area (TPSA) is 221 Å². The molecule has 3 aliphatic heterocycles. The van der Waals surface area contributed by atoms with Crippen LogP contribution in [-0.2, 0) is 40.2 Å². The maximum absolute atomic E-state index is 14.2. The molecule has 16 nitrogen and oxygen atoms in total. The van der Waals surface area contributed by atoms with Gasteiger partial charge in [-0.2, -0.15) is 0 Å². The number of nitrogens with two attached hydrogens (primary N) is 1. The van der Waals surface area contributed by atoms with Crippen molar-refractivity contribution < 1.29 is 43.4 Å². The summed E-state index contributed by atoms with van der Waals surface area (Å²) in [5.41, 5.74) is 10.2. The summed E-state index contributed by atoms with van der Waals surface area (Å²) in [5.74, 6) is 0.967. The number of hydrogen-bond acceptors (Lipinski definition) is 10. The smallest absolute Gasteiger partial charge is 0.253 e. The molecule has 6 N–H and O–H groups in total. The quantitative estimate of drug-likeness (QED) is 0.0183. The minimum atomic E-state index is -0.940. The number of anilines is 3. The molecule has 4 unspecified atom stereocenters. The van der Waals surface area contributed by atoms with Gasteiger partial charge in [0.15, 0.2) is 0 Å². The Bertz CT molecular complexity index is 3150. The highest BCUT2D eigenvalue weighted by Crippen LogP contribution is 2.47. The first-order valence-corrected chi connectivity index (χ1v) is 27.1. The van der Waals surface area contributed by atoms with Gasteiger partial charge in [-0.1, -0.05) is 86.9 Å². The molecule has 7 amide bonds. The average molecular weight is 1090 g/mol. The molecule has 5 aromatic carbocycles. The molecule has 0 saturated heterocycles. The highest BCUT2D eigenvalue weighted by molar-refractivity contribution is 6.30. The second kappa shape index (κ2) is 25.6. The van der Waals surface area contributed by atoms with Crippen molar-refractivity contribution in [2.24, 2.45) is 11.7 Å². The van der Waals surface area contributed by atoms with Gasteiger partial charge in [0.2, 0.25) is 29.5 Å². The molecule has 18 heteroatoms. The second-order valence-electron chi connectivity index (χ2n) is 20.0. The highest BCUT2D eigenvalue weighted by Gasteiger charge is 2.37. The summed E-state index contributed by atoms with van der Waals surface area (Å²) in [7, 11) is 0. The Labute approximate surface area is 457 Å².